The van der Waals surface area contributed by atoms with Crippen LogP contribution in [0.25, 0.3) is 22.4 Å². The molecular formula is C25H27F2N5O4. The summed E-state index contributed by atoms with van der Waals surface area (Å²) in [5.74, 6) is -2.80. The largest absolute Gasteiger partial charge is 0.507 e. The molecule has 0 aliphatic carbocycles. The topological polar surface area (TPSA) is 113 Å². The summed E-state index contributed by atoms with van der Waals surface area (Å²) in [5.41, 5.74) is 1.78. The molecule has 2 aliphatic heterocycles. The number of carbonyl (C=O) groups is 1. The Morgan fingerprint density at radius 2 is 1.97 bits per heavy atom. The highest BCUT2D eigenvalue weighted by atomic mass is 19.3. The number of nitrogens with zero attached hydrogens (tertiary/aromatic N) is 4. The van der Waals surface area contributed by atoms with E-state index in [2.05, 4.69) is 20.4 Å². The zero-order chi connectivity index (χ0) is 25.7. The minimum atomic E-state index is -3.02. The van der Waals surface area contributed by atoms with Crippen LogP contribution in [-0.2, 0) is 4.74 Å². The van der Waals surface area contributed by atoms with Gasteiger partial charge in [0, 0.05) is 48.7 Å². The molecule has 2 fully saturated rings. The van der Waals surface area contributed by atoms with Gasteiger partial charge in [0.1, 0.15) is 23.5 Å². The molecule has 36 heavy (non-hydrogen) atoms. The van der Waals surface area contributed by atoms with Gasteiger partial charge >= 0.3 is 6.09 Å². The summed E-state index contributed by atoms with van der Waals surface area (Å²) < 4.78 is 40.6. The number of hydrogen-bond acceptors (Lipinski definition) is 7. The van der Waals surface area contributed by atoms with Gasteiger partial charge in [-0.25, -0.2) is 13.6 Å². The fourth-order valence-electron chi connectivity index (χ4n) is 4.86. The normalized spacial score (nSPS) is 22.9. The molecule has 2 aromatic heterocycles. The SMILES string of the molecule is CC(C)(C)OC(=O)N1C2C[C@@H](Oc3ccc(-c4ccc(-c5cn[nH]c5)cc4O)nn3)CC1C(F)(F)C2. The average molecular weight is 500 g/mol. The third kappa shape index (κ3) is 4.69. The second kappa shape index (κ2) is 8.72. The van der Waals surface area contributed by atoms with E-state index >= 15 is 0 Å². The van der Waals surface area contributed by atoms with Gasteiger partial charge in [-0.05, 0) is 44.5 Å². The van der Waals surface area contributed by atoms with Gasteiger partial charge in [-0.15, -0.1) is 10.2 Å². The van der Waals surface area contributed by atoms with Crippen molar-refractivity contribution in [2.24, 2.45) is 0 Å². The van der Waals surface area contributed by atoms with Crippen molar-refractivity contribution in [1.82, 2.24) is 25.3 Å². The number of hydrogen-bond donors (Lipinski definition) is 2. The number of phenolic OH excluding ortho intramolecular Hbond substituents is 1. The van der Waals surface area contributed by atoms with E-state index in [1.165, 1.54) is 4.90 Å². The first kappa shape index (κ1) is 24.0. The van der Waals surface area contributed by atoms with Crippen LogP contribution in [0.2, 0.25) is 0 Å². The molecule has 2 unspecified atom stereocenters. The van der Waals surface area contributed by atoms with Crippen LogP contribution in [0.15, 0.2) is 42.7 Å². The van der Waals surface area contributed by atoms with Crippen LogP contribution < -0.4 is 4.74 Å². The van der Waals surface area contributed by atoms with Gasteiger partial charge in [-0.1, -0.05) is 6.07 Å². The number of halogens is 2. The smallest absolute Gasteiger partial charge is 0.411 e. The lowest BCUT2D eigenvalue weighted by Gasteiger charge is -2.39. The van der Waals surface area contributed by atoms with Crippen molar-refractivity contribution >= 4 is 6.09 Å². The second-order valence-corrected chi connectivity index (χ2v) is 10.2. The highest BCUT2D eigenvalue weighted by Crippen LogP contribution is 2.47. The molecular weight excluding hydrogens is 472 g/mol. The molecule has 11 heteroatoms. The summed E-state index contributed by atoms with van der Waals surface area (Å²) in [6.07, 6.45) is 1.88. The Hall–Kier alpha value is -3.76. The van der Waals surface area contributed by atoms with E-state index in [1.54, 1.807) is 57.4 Å². The van der Waals surface area contributed by atoms with Gasteiger partial charge in [0.15, 0.2) is 0 Å². The van der Waals surface area contributed by atoms with E-state index in [0.29, 0.717) is 11.3 Å². The lowest BCUT2D eigenvalue weighted by Crippen LogP contribution is -2.53. The monoisotopic (exact) mass is 499 g/mol. The number of alkyl halides is 2. The summed E-state index contributed by atoms with van der Waals surface area (Å²) in [4.78, 5) is 13.8. The number of fused-ring (bicyclic) bond motifs is 2. The molecule has 2 bridgehead atoms. The van der Waals surface area contributed by atoms with Crippen molar-refractivity contribution in [2.75, 3.05) is 0 Å². The maximum absolute atomic E-state index is 14.7. The fourth-order valence-corrected chi connectivity index (χ4v) is 4.86. The molecule has 3 atom stereocenters. The van der Waals surface area contributed by atoms with E-state index in [4.69, 9.17) is 9.47 Å². The number of H-pyrrole nitrogens is 1. The van der Waals surface area contributed by atoms with Crippen molar-refractivity contribution in [3.05, 3.63) is 42.7 Å². The van der Waals surface area contributed by atoms with Crippen molar-refractivity contribution < 1.29 is 28.2 Å². The number of carbonyl (C=O) groups excluding carboxylic acids is 1. The number of amides is 1. The molecule has 0 saturated carbocycles. The number of piperidine rings is 1. The molecule has 0 radical (unpaired) electrons. The maximum atomic E-state index is 14.7. The van der Waals surface area contributed by atoms with E-state index in [9.17, 15) is 18.7 Å². The van der Waals surface area contributed by atoms with Crippen LogP contribution in [-0.4, -0.2) is 66.2 Å². The third-order valence-electron chi connectivity index (χ3n) is 6.38. The Bertz CT molecular complexity index is 1240. The van der Waals surface area contributed by atoms with Crippen molar-refractivity contribution in [1.29, 1.82) is 0 Å². The predicted octanol–water partition coefficient (Wildman–Crippen LogP) is 4.79. The van der Waals surface area contributed by atoms with Crippen LogP contribution in [0.3, 0.4) is 0 Å². The number of benzene rings is 1. The van der Waals surface area contributed by atoms with Crippen molar-refractivity contribution in [3.63, 3.8) is 0 Å². The summed E-state index contributed by atoms with van der Waals surface area (Å²) >= 11 is 0. The fraction of sp³-hybridized carbons (Fsp3) is 0.440. The van der Waals surface area contributed by atoms with Gasteiger partial charge in [-0.3, -0.25) is 10.00 Å². The van der Waals surface area contributed by atoms with Gasteiger partial charge in [0.25, 0.3) is 5.92 Å². The summed E-state index contributed by atoms with van der Waals surface area (Å²) in [5, 5.41) is 25.3. The lowest BCUT2D eigenvalue weighted by molar-refractivity contribution is -0.0609. The van der Waals surface area contributed by atoms with Gasteiger partial charge in [0.2, 0.25) is 5.88 Å². The quantitative estimate of drug-likeness (QED) is 0.530. The first-order chi connectivity index (χ1) is 17.0. The van der Waals surface area contributed by atoms with Gasteiger partial charge < -0.3 is 14.6 Å². The van der Waals surface area contributed by atoms with Crippen LogP contribution in [0.1, 0.15) is 40.0 Å². The summed E-state index contributed by atoms with van der Waals surface area (Å²) in [6.45, 7) is 5.12. The van der Waals surface area contributed by atoms with Crippen LogP contribution in [0.4, 0.5) is 13.6 Å². The molecule has 1 aromatic carbocycles. The third-order valence-corrected chi connectivity index (χ3v) is 6.38. The Morgan fingerprint density at radius 1 is 1.17 bits per heavy atom. The highest BCUT2D eigenvalue weighted by molar-refractivity contribution is 5.73. The molecule has 2 aliphatic rings. The Morgan fingerprint density at radius 3 is 2.58 bits per heavy atom. The van der Waals surface area contributed by atoms with Gasteiger partial charge in [0.05, 0.1) is 11.9 Å². The van der Waals surface area contributed by atoms with E-state index in [0.717, 1.165) is 11.1 Å². The molecule has 5 rings (SSSR count). The molecule has 4 heterocycles. The lowest BCUT2D eigenvalue weighted by atomic mass is 9.99. The van der Waals surface area contributed by atoms with Crippen LogP contribution in [0.5, 0.6) is 11.6 Å². The van der Waals surface area contributed by atoms with Crippen molar-refractivity contribution in [2.45, 2.75) is 69.7 Å². The molecule has 190 valence electrons. The molecule has 9 nitrogen and oxygen atoms in total. The minimum absolute atomic E-state index is 0.0324. The van der Waals surface area contributed by atoms with E-state index in [-0.39, 0.29) is 24.5 Å². The van der Waals surface area contributed by atoms with E-state index in [1.807, 2.05) is 6.07 Å². The highest BCUT2D eigenvalue weighted by Gasteiger charge is 2.60. The number of aromatic amines is 1. The molecule has 0 spiro atoms. The van der Waals surface area contributed by atoms with Crippen LogP contribution >= 0.6 is 0 Å². The summed E-state index contributed by atoms with van der Waals surface area (Å²) in [6, 6.07) is 6.43. The Balaban J connectivity index is 1.27. The predicted molar refractivity (Wildman–Crippen MR) is 126 cm³/mol. The number of ether oxygens (including phenoxy) is 2. The number of rotatable bonds is 4. The van der Waals surface area contributed by atoms with Gasteiger partial charge in [-0.2, -0.15) is 5.10 Å². The minimum Gasteiger partial charge on any atom is -0.507 e. The standard InChI is InChI=1S/C25H27F2N5O4/c1-24(2,3)36-23(34)32-16-9-17(10-21(32)25(26,27)11-16)35-22-7-6-19(30-31-22)18-5-4-14(8-20(18)33)15-12-28-29-13-15/h4-8,12-13,16-17,21,33H,9-11H2,1-3H3,(H,28,29)/t16?,17-,21?/m1/s1. The molecule has 1 amide bonds. The van der Waals surface area contributed by atoms with E-state index < -0.39 is 42.2 Å². The Kier molecular flexibility index (Phi) is 5.80. The maximum Gasteiger partial charge on any atom is 0.411 e. The zero-order valence-corrected chi connectivity index (χ0v) is 20.1. The number of nitrogens with one attached hydrogen (secondary N) is 1. The molecule has 3 aromatic rings. The first-order valence-corrected chi connectivity index (χ1v) is 11.7. The summed E-state index contributed by atoms with van der Waals surface area (Å²) in [7, 11) is 0. The first-order valence-electron chi connectivity index (χ1n) is 11.7. The number of aromatic hydroxyl groups is 1. The zero-order valence-electron chi connectivity index (χ0n) is 20.1. The molecule has 2 N–H and O–H groups in total. The number of aromatic nitrogens is 4. The number of phenols is 1. The average Bonchev–Trinajstić information content (AvgIpc) is 3.38. The second-order valence-electron chi connectivity index (χ2n) is 10.2. The van der Waals surface area contributed by atoms with Crippen LogP contribution in [0, 0.1) is 0 Å². The van der Waals surface area contributed by atoms with Crippen molar-refractivity contribution in [3.8, 4) is 34.0 Å². The molecule has 2 saturated heterocycles. The Labute approximate surface area is 206 Å².